The molecule has 0 unspecified atom stereocenters. The van der Waals surface area contributed by atoms with Gasteiger partial charge in [-0.3, -0.25) is 0 Å². The molecule has 0 saturated heterocycles. The van der Waals surface area contributed by atoms with Crippen LogP contribution >= 0.6 is 27.5 Å². The molecule has 0 saturated carbocycles. The second kappa shape index (κ2) is 6.08. The van der Waals surface area contributed by atoms with Gasteiger partial charge in [0.15, 0.2) is 0 Å². The summed E-state index contributed by atoms with van der Waals surface area (Å²) in [5, 5.41) is 2.82. The molecular formula is C20H13BrClNO. The van der Waals surface area contributed by atoms with E-state index in [1.807, 2.05) is 48.5 Å². The maximum Gasteiger partial charge on any atom is 0.133 e. The van der Waals surface area contributed by atoms with Crippen LogP contribution in [0.5, 0.6) is 5.75 Å². The van der Waals surface area contributed by atoms with E-state index in [1.165, 1.54) is 0 Å². The Hall–Kier alpha value is -2.10. The third-order valence-corrected chi connectivity index (χ3v) is 5.10. The monoisotopic (exact) mass is 397 g/mol. The van der Waals surface area contributed by atoms with Crippen molar-refractivity contribution >= 4 is 49.3 Å². The van der Waals surface area contributed by atoms with Crippen LogP contribution in [-0.4, -0.2) is 12.1 Å². The van der Waals surface area contributed by atoms with Crippen LogP contribution in [0.25, 0.3) is 32.9 Å². The van der Waals surface area contributed by atoms with E-state index in [1.54, 1.807) is 7.11 Å². The summed E-state index contributed by atoms with van der Waals surface area (Å²) in [5.74, 6) is 0.780. The molecule has 0 spiro atoms. The number of fused-ring (bicyclic) bond motifs is 2. The van der Waals surface area contributed by atoms with Gasteiger partial charge in [0.1, 0.15) is 5.75 Å². The second-order valence-electron chi connectivity index (χ2n) is 5.49. The highest BCUT2D eigenvalue weighted by atomic mass is 79.9. The summed E-state index contributed by atoms with van der Waals surface area (Å²) in [4.78, 5) is 4.80. The molecule has 0 aliphatic heterocycles. The molecule has 24 heavy (non-hydrogen) atoms. The Morgan fingerprint density at radius 3 is 2.58 bits per heavy atom. The Kier molecular flexibility index (Phi) is 3.91. The van der Waals surface area contributed by atoms with Gasteiger partial charge < -0.3 is 4.74 Å². The van der Waals surface area contributed by atoms with Gasteiger partial charge in [0, 0.05) is 21.4 Å². The first-order valence-electron chi connectivity index (χ1n) is 7.50. The molecule has 0 radical (unpaired) electrons. The summed E-state index contributed by atoms with van der Waals surface area (Å²) < 4.78 is 6.38. The molecule has 0 N–H and O–H groups in total. The molecule has 0 bridgehead atoms. The van der Waals surface area contributed by atoms with E-state index >= 15 is 0 Å². The maximum absolute atomic E-state index is 6.24. The summed E-state index contributed by atoms with van der Waals surface area (Å²) in [6.45, 7) is 0. The topological polar surface area (TPSA) is 22.1 Å². The Morgan fingerprint density at radius 2 is 1.79 bits per heavy atom. The third-order valence-electron chi connectivity index (χ3n) is 4.08. The minimum absolute atomic E-state index is 0.709. The molecule has 2 nitrogen and oxygen atoms in total. The summed E-state index contributed by atoms with van der Waals surface area (Å²) in [7, 11) is 1.67. The number of para-hydroxylation sites is 1. The molecule has 0 atom stereocenters. The number of benzene rings is 3. The van der Waals surface area contributed by atoms with Crippen LogP contribution in [0.15, 0.2) is 65.1 Å². The average molecular weight is 399 g/mol. The van der Waals surface area contributed by atoms with Crippen LogP contribution in [-0.2, 0) is 0 Å². The minimum atomic E-state index is 0.709. The van der Waals surface area contributed by atoms with Gasteiger partial charge in [-0.1, -0.05) is 41.9 Å². The lowest BCUT2D eigenvalue weighted by Crippen LogP contribution is -1.92. The summed E-state index contributed by atoms with van der Waals surface area (Å²) in [6.07, 6.45) is 0. The van der Waals surface area contributed by atoms with Crippen molar-refractivity contribution < 1.29 is 4.74 Å². The number of methoxy groups -OCH3 is 1. The average Bonchev–Trinajstić information content (AvgIpc) is 2.60. The molecule has 4 heteroatoms. The fraction of sp³-hybridized carbons (Fsp3) is 0.0500. The number of ether oxygens (including phenoxy) is 1. The van der Waals surface area contributed by atoms with Gasteiger partial charge in [-0.25, -0.2) is 4.98 Å². The zero-order valence-corrected chi connectivity index (χ0v) is 15.2. The van der Waals surface area contributed by atoms with Crippen LogP contribution < -0.4 is 4.74 Å². The smallest absolute Gasteiger partial charge is 0.133 e. The summed E-state index contributed by atoms with van der Waals surface area (Å²) in [6, 6.07) is 20.0. The van der Waals surface area contributed by atoms with Gasteiger partial charge in [0.25, 0.3) is 0 Å². The largest absolute Gasteiger partial charge is 0.496 e. The molecule has 1 heterocycles. The van der Waals surface area contributed by atoms with Crippen molar-refractivity contribution in [2.75, 3.05) is 7.11 Å². The quantitative estimate of drug-likeness (QED) is 0.360. The van der Waals surface area contributed by atoms with Crippen molar-refractivity contribution in [3.63, 3.8) is 0 Å². The molecule has 118 valence electrons. The lowest BCUT2D eigenvalue weighted by molar-refractivity contribution is 0.413. The fourth-order valence-corrected chi connectivity index (χ4v) is 3.91. The molecule has 0 aliphatic rings. The van der Waals surface area contributed by atoms with Gasteiger partial charge in [-0.2, -0.15) is 0 Å². The van der Waals surface area contributed by atoms with E-state index < -0.39 is 0 Å². The Balaban J connectivity index is 2.24. The van der Waals surface area contributed by atoms with E-state index in [4.69, 9.17) is 21.3 Å². The van der Waals surface area contributed by atoms with Gasteiger partial charge in [-0.15, -0.1) is 0 Å². The highest BCUT2D eigenvalue weighted by molar-refractivity contribution is 9.10. The van der Waals surface area contributed by atoms with Crippen LogP contribution in [0.3, 0.4) is 0 Å². The predicted octanol–water partition coefficient (Wildman–Crippen LogP) is 6.48. The molecular weight excluding hydrogens is 386 g/mol. The van der Waals surface area contributed by atoms with Gasteiger partial charge in [0.2, 0.25) is 0 Å². The van der Waals surface area contributed by atoms with Gasteiger partial charge in [-0.05, 0) is 51.8 Å². The number of aromatic nitrogens is 1. The van der Waals surface area contributed by atoms with Crippen LogP contribution in [0.4, 0.5) is 0 Å². The first kappa shape index (κ1) is 15.4. The number of nitrogens with zero attached hydrogens (tertiary/aromatic N) is 1. The second-order valence-corrected chi connectivity index (χ2v) is 6.72. The number of halogens is 2. The van der Waals surface area contributed by atoms with E-state index in [9.17, 15) is 0 Å². The predicted molar refractivity (Wildman–Crippen MR) is 104 cm³/mol. The van der Waals surface area contributed by atoms with E-state index in [0.29, 0.717) is 5.02 Å². The Morgan fingerprint density at radius 1 is 0.958 bits per heavy atom. The van der Waals surface area contributed by atoms with Gasteiger partial charge in [0.05, 0.1) is 22.6 Å². The maximum atomic E-state index is 6.24. The first-order valence-corrected chi connectivity index (χ1v) is 8.67. The number of hydrogen-bond donors (Lipinski definition) is 0. The first-order chi connectivity index (χ1) is 11.7. The lowest BCUT2D eigenvalue weighted by atomic mass is 9.96. The van der Waals surface area contributed by atoms with Crippen molar-refractivity contribution in [1.29, 1.82) is 0 Å². The zero-order chi connectivity index (χ0) is 16.7. The summed E-state index contributed by atoms with van der Waals surface area (Å²) in [5.41, 5.74) is 4.03. The van der Waals surface area contributed by atoms with Crippen LogP contribution in [0, 0.1) is 0 Å². The standard InChI is InChI=1S/C20H13BrClNO/c1-24-17-10-9-16-19(20(17)21)18(12-5-4-6-13(22)11-12)14-7-2-3-8-15(14)23-16/h2-11H,1H3. The number of hydrogen-bond acceptors (Lipinski definition) is 2. The normalized spacial score (nSPS) is 11.1. The minimum Gasteiger partial charge on any atom is -0.496 e. The van der Waals surface area contributed by atoms with E-state index in [2.05, 4.69) is 28.1 Å². The summed E-state index contributed by atoms with van der Waals surface area (Å²) >= 11 is 9.94. The molecule has 0 amide bonds. The number of rotatable bonds is 2. The molecule has 4 rings (SSSR count). The van der Waals surface area contributed by atoms with Crippen LogP contribution in [0.1, 0.15) is 0 Å². The van der Waals surface area contributed by atoms with Crippen LogP contribution in [0.2, 0.25) is 5.02 Å². The van der Waals surface area contributed by atoms with Crippen molar-refractivity contribution in [3.05, 3.63) is 70.2 Å². The van der Waals surface area contributed by atoms with Crippen molar-refractivity contribution in [2.24, 2.45) is 0 Å². The number of pyridine rings is 1. The van der Waals surface area contributed by atoms with Crippen molar-refractivity contribution in [1.82, 2.24) is 4.98 Å². The lowest BCUT2D eigenvalue weighted by Gasteiger charge is -2.14. The molecule has 4 aromatic rings. The molecule has 0 aliphatic carbocycles. The van der Waals surface area contributed by atoms with Gasteiger partial charge >= 0.3 is 0 Å². The van der Waals surface area contributed by atoms with E-state index in [-0.39, 0.29) is 0 Å². The molecule has 1 aromatic heterocycles. The SMILES string of the molecule is COc1ccc2nc3ccccc3c(-c3cccc(Cl)c3)c2c1Br. The van der Waals surface area contributed by atoms with Crippen molar-refractivity contribution in [2.45, 2.75) is 0 Å². The fourth-order valence-electron chi connectivity index (χ4n) is 3.03. The molecule has 0 fully saturated rings. The molecule has 3 aromatic carbocycles. The zero-order valence-electron chi connectivity index (χ0n) is 12.9. The Labute approximate surface area is 153 Å². The highest BCUT2D eigenvalue weighted by Gasteiger charge is 2.16. The van der Waals surface area contributed by atoms with Crippen molar-refractivity contribution in [3.8, 4) is 16.9 Å². The Bertz CT molecular complexity index is 1080. The van der Waals surface area contributed by atoms with E-state index in [0.717, 1.165) is 43.2 Å². The highest BCUT2D eigenvalue weighted by Crippen LogP contribution is 2.42. The third kappa shape index (κ3) is 2.45.